The molecule has 0 heterocycles. The molecule has 20 heavy (non-hydrogen) atoms. The first-order valence-corrected chi connectivity index (χ1v) is 8.11. The predicted molar refractivity (Wildman–Crippen MR) is 70.0 cm³/mol. The van der Waals surface area contributed by atoms with Crippen LogP contribution in [-0.2, 0) is 20.2 Å². The molecule has 0 radical (unpaired) electrons. The molecule has 0 aliphatic carbocycles. The van der Waals surface area contributed by atoms with Crippen molar-refractivity contribution >= 4 is 31.0 Å². The molecule has 0 unspecified atom stereocenters. The normalized spacial score (nSPS) is 12.8. The van der Waals surface area contributed by atoms with E-state index >= 15 is 0 Å². The molecule has 0 aliphatic heterocycles. The molecule has 108 valence electrons. The summed E-state index contributed by atoms with van der Waals surface area (Å²) >= 11 is 0. The van der Waals surface area contributed by atoms with E-state index in [-0.39, 0.29) is 22.1 Å². The molecule has 0 amide bonds. The van der Waals surface area contributed by atoms with Gasteiger partial charge in [0.2, 0.25) is 0 Å². The molecule has 0 saturated carbocycles. The Kier molecular flexibility index (Phi) is 3.25. The monoisotopic (exact) mass is 318 g/mol. The fourth-order valence-electron chi connectivity index (χ4n) is 1.92. The highest BCUT2D eigenvalue weighted by Gasteiger charge is 2.22. The van der Waals surface area contributed by atoms with Crippen LogP contribution in [0.3, 0.4) is 0 Å². The number of hydrogen-bond acceptors (Lipinski definition) is 5. The number of aromatic hydroxyl groups is 1. The van der Waals surface area contributed by atoms with Gasteiger partial charge in [0, 0.05) is 5.39 Å². The fraction of sp³-hybridized carbons (Fsp3) is 0.0909. The molecule has 2 rings (SSSR count). The molecule has 0 atom stereocenters. The van der Waals surface area contributed by atoms with E-state index in [9.17, 15) is 26.5 Å². The van der Waals surface area contributed by atoms with Gasteiger partial charge >= 0.3 is 0 Å². The van der Waals surface area contributed by atoms with Gasteiger partial charge in [0.15, 0.2) is 0 Å². The van der Waals surface area contributed by atoms with Crippen molar-refractivity contribution in [3.63, 3.8) is 0 Å². The zero-order chi connectivity index (χ0) is 15.3. The van der Waals surface area contributed by atoms with Crippen LogP contribution < -0.4 is 0 Å². The topological polar surface area (TPSA) is 129 Å². The molecule has 7 nitrogen and oxygen atoms in total. The van der Waals surface area contributed by atoms with Crippen molar-refractivity contribution in [1.82, 2.24) is 0 Å². The molecule has 2 aromatic rings. The second-order valence-electron chi connectivity index (χ2n) is 4.18. The average molecular weight is 318 g/mol. The van der Waals surface area contributed by atoms with Crippen molar-refractivity contribution < 1.29 is 31.0 Å². The minimum absolute atomic E-state index is 0.0140. The summed E-state index contributed by atoms with van der Waals surface area (Å²) in [6.07, 6.45) is 0. The van der Waals surface area contributed by atoms with Crippen LogP contribution in [0.1, 0.15) is 5.56 Å². The van der Waals surface area contributed by atoms with Gasteiger partial charge in [-0.15, -0.1) is 0 Å². The zero-order valence-electron chi connectivity index (χ0n) is 10.1. The van der Waals surface area contributed by atoms with Gasteiger partial charge in [-0.1, -0.05) is 6.07 Å². The lowest BCUT2D eigenvalue weighted by Gasteiger charge is -2.10. The Balaban J connectivity index is 3.10. The second kappa shape index (κ2) is 4.42. The molecular formula is C11H10O7S2. The molecule has 3 N–H and O–H groups in total. The lowest BCUT2D eigenvalue weighted by Crippen LogP contribution is -2.05. The Labute approximate surface area is 115 Å². The quantitative estimate of drug-likeness (QED) is 0.713. The van der Waals surface area contributed by atoms with Gasteiger partial charge in [-0.25, -0.2) is 0 Å². The van der Waals surface area contributed by atoms with Gasteiger partial charge in [-0.3, -0.25) is 9.11 Å². The van der Waals surface area contributed by atoms with Crippen LogP contribution in [-0.4, -0.2) is 31.0 Å². The first-order chi connectivity index (χ1) is 9.01. The van der Waals surface area contributed by atoms with Crippen LogP contribution in [0.5, 0.6) is 5.75 Å². The average Bonchev–Trinajstić information content (AvgIpc) is 2.30. The van der Waals surface area contributed by atoms with Crippen LogP contribution >= 0.6 is 0 Å². The van der Waals surface area contributed by atoms with Crippen LogP contribution in [0.25, 0.3) is 10.8 Å². The maximum atomic E-state index is 11.4. The van der Waals surface area contributed by atoms with Crippen molar-refractivity contribution in [1.29, 1.82) is 0 Å². The Morgan fingerprint density at radius 2 is 1.55 bits per heavy atom. The van der Waals surface area contributed by atoms with Crippen molar-refractivity contribution in [2.75, 3.05) is 0 Å². The van der Waals surface area contributed by atoms with Gasteiger partial charge in [-0.2, -0.15) is 16.8 Å². The van der Waals surface area contributed by atoms with E-state index in [2.05, 4.69) is 0 Å². The van der Waals surface area contributed by atoms with Crippen LogP contribution in [0.2, 0.25) is 0 Å². The third-order valence-corrected chi connectivity index (χ3v) is 4.57. The molecule has 0 spiro atoms. The summed E-state index contributed by atoms with van der Waals surface area (Å²) in [6, 6.07) is 4.21. The fourth-order valence-corrected chi connectivity index (χ4v) is 3.34. The number of phenolic OH excluding ortho intramolecular Hbond substituents is 1. The van der Waals surface area contributed by atoms with E-state index in [1.54, 1.807) is 0 Å². The lowest BCUT2D eigenvalue weighted by atomic mass is 10.0. The van der Waals surface area contributed by atoms with E-state index in [4.69, 9.17) is 4.55 Å². The Hall–Kier alpha value is -1.68. The third-order valence-electron chi connectivity index (χ3n) is 2.86. The number of aryl methyl sites for hydroxylation is 1. The second-order valence-corrected chi connectivity index (χ2v) is 6.99. The highest BCUT2D eigenvalue weighted by Crippen LogP contribution is 2.33. The number of fused-ring (bicyclic) bond motifs is 1. The summed E-state index contributed by atoms with van der Waals surface area (Å²) in [6.45, 7) is 1.42. The van der Waals surface area contributed by atoms with Crippen molar-refractivity contribution in [2.45, 2.75) is 16.7 Å². The Morgan fingerprint density at radius 1 is 0.950 bits per heavy atom. The van der Waals surface area contributed by atoms with E-state index in [0.29, 0.717) is 6.07 Å². The summed E-state index contributed by atoms with van der Waals surface area (Å²) in [4.78, 5) is -1.36. The van der Waals surface area contributed by atoms with E-state index < -0.39 is 30.0 Å². The largest absolute Gasteiger partial charge is 0.508 e. The maximum absolute atomic E-state index is 11.4. The molecule has 0 bridgehead atoms. The molecule has 9 heteroatoms. The summed E-state index contributed by atoms with van der Waals surface area (Å²) < 4.78 is 63.3. The maximum Gasteiger partial charge on any atom is 0.295 e. The molecule has 0 saturated heterocycles. The first-order valence-electron chi connectivity index (χ1n) is 5.23. The van der Waals surface area contributed by atoms with Gasteiger partial charge in [0.25, 0.3) is 20.2 Å². The number of benzene rings is 2. The Bertz CT molecular complexity index is 911. The lowest BCUT2D eigenvalue weighted by molar-refractivity contribution is 0.472. The summed E-state index contributed by atoms with van der Waals surface area (Å²) in [5, 5.41) is 9.72. The SMILES string of the molecule is Cc1c(O)ccc2cc(S(=O)(=O)O)cc(S(=O)(=O)O)c12. The minimum Gasteiger partial charge on any atom is -0.508 e. The highest BCUT2D eigenvalue weighted by atomic mass is 32.2. The number of phenols is 1. The smallest absolute Gasteiger partial charge is 0.295 e. The van der Waals surface area contributed by atoms with E-state index in [1.165, 1.54) is 19.1 Å². The van der Waals surface area contributed by atoms with Gasteiger partial charge in [0.05, 0.1) is 4.90 Å². The van der Waals surface area contributed by atoms with Crippen LogP contribution in [0, 0.1) is 6.92 Å². The zero-order valence-corrected chi connectivity index (χ0v) is 11.7. The van der Waals surface area contributed by atoms with E-state index in [1.807, 2.05) is 0 Å². The van der Waals surface area contributed by atoms with Gasteiger partial charge in [-0.05, 0) is 36.1 Å². The number of hydrogen-bond donors (Lipinski definition) is 3. The Morgan fingerprint density at radius 3 is 2.05 bits per heavy atom. The summed E-state index contributed by atoms with van der Waals surface area (Å²) in [7, 11) is -9.38. The van der Waals surface area contributed by atoms with Crippen molar-refractivity contribution in [3.05, 3.63) is 29.8 Å². The minimum atomic E-state index is -4.74. The number of rotatable bonds is 2. The van der Waals surface area contributed by atoms with Gasteiger partial charge in [0.1, 0.15) is 10.6 Å². The first kappa shape index (κ1) is 14.7. The predicted octanol–water partition coefficient (Wildman–Crippen LogP) is 1.35. The molecule has 2 aromatic carbocycles. The van der Waals surface area contributed by atoms with Gasteiger partial charge < -0.3 is 5.11 Å². The standard InChI is InChI=1S/C11H10O7S2/c1-6-9(12)3-2-7-4-8(19(13,14)15)5-10(11(6)7)20(16,17)18/h2-5,12H,1H3,(H,13,14,15)(H,16,17,18). The molecule has 0 aliphatic rings. The van der Waals surface area contributed by atoms with Crippen molar-refractivity contribution in [2.24, 2.45) is 0 Å². The van der Waals surface area contributed by atoms with Crippen molar-refractivity contribution in [3.8, 4) is 5.75 Å². The molecule has 0 fully saturated rings. The third kappa shape index (κ3) is 2.48. The van der Waals surface area contributed by atoms with Crippen LogP contribution in [0.4, 0.5) is 0 Å². The summed E-state index contributed by atoms with van der Waals surface area (Å²) in [5.41, 5.74) is 0.164. The molecule has 0 aromatic heterocycles. The highest BCUT2D eigenvalue weighted by molar-refractivity contribution is 7.86. The molecular weight excluding hydrogens is 308 g/mol. The summed E-state index contributed by atoms with van der Waals surface area (Å²) in [5.74, 6) is -0.206. The van der Waals surface area contributed by atoms with E-state index in [0.717, 1.165) is 6.07 Å². The van der Waals surface area contributed by atoms with Crippen LogP contribution in [0.15, 0.2) is 34.1 Å².